The zero-order valence-electron chi connectivity index (χ0n) is 17.0. The van der Waals surface area contributed by atoms with E-state index in [1.807, 2.05) is 6.92 Å². The standard InChI is InChI=1S/C22H28O7S/c1-17-9-11-18(12-10-17)30(26,27)16-5-4-14-28-13-2-3-15-29-20-8-6-7-19(21(20)23)22(24)25/h6-12,23H,2-5,13-16H2,1H3,(H,24,25). The molecule has 0 unspecified atom stereocenters. The van der Waals surface area contributed by atoms with E-state index in [2.05, 4.69) is 0 Å². The van der Waals surface area contributed by atoms with Crippen LogP contribution in [-0.4, -0.2) is 50.2 Å². The predicted molar refractivity (Wildman–Crippen MR) is 113 cm³/mol. The number of ether oxygens (including phenoxy) is 2. The summed E-state index contributed by atoms with van der Waals surface area (Å²) < 4.78 is 35.4. The third-order valence-electron chi connectivity index (χ3n) is 4.50. The number of hydrogen-bond acceptors (Lipinski definition) is 6. The molecule has 8 heteroatoms. The topological polar surface area (TPSA) is 110 Å². The predicted octanol–water partition coefficient (Wildman–Crippen LogP) is 3.83. The van der Waals surface area contributed by atoms with Gasteiger partial charge in [0, 0.05) is 13.2 Å². The Hall–Kier alpha value is -2.58. The van der Waals surface area contributed by atoms with Gasteiger partial charge in [-0.25, -0.2) is 13.2 Å². The maximum absolute atomic E-state index is 12.2. The molecule has 0 bridgehead atoms. The Kier molecular flexibility index (Phi) is 9.14. The second kappa shape index (κ2) is 11.6. The molecule has 0 fully saturated rings. The molecule has 0 aliphatic carbocycles. The number of sulfone groups is 1. The quantitative estimate of drug-likeness (QED) is 0.459. The van der Waals surface area contributed by atoms with Crippen molar-refractivity contribution in [2.45, 2.75) is 37.5 Å². The molecule has 2 N–H and O–H groups in total. The second-order valence-electron chi connectivity index (χ2n) is 6.96. The number of phenols is 1. The molecule has 0 heterocycles. The third kappa shape index (κ3) is 7.35. The summed E-state index contributed by atoms with van der Waals surface area (Å²) in [6, 6.07) is 11.2. The highest BCUT2D eigenvalue weighted by Crippen LogP contribution is 2.29. The van der Waals surface area contributed by atoms with E-state index in [-0.39, 0.29) is 22.8 Å². The van der Waals surface area contributed by atoms with Crippen molar-refractivity contribution in [3.63, 3.8) is 0 Å². The molecule has 7 nitrogen and oxygen atoms in total. The van der Waals surface area contributed by atoms with Crippen molar-refractivity contribution >= 4 is 15.8 Å². The van der Waals surface area contributed by atoms with Gasteiger partial charge in [0.25, 0.3) is 0 Å². The number of para-hydroxylation sites is 1. The van der Waals surface area contributed by atoms with E-state index in [0.29, 0.717) is 44.0 Å². The van der Waals surface area contributed by atoms with Gasteiger partial charge in [0.2, 0.25) is 0 Å². The first kappa shape index (κ1) is 23.7. The van der Waals surface area contributed by atoms with E-state index < -0.39 is 15.8 Å². The number of rotatable bonds is 13. The molecule has 0 aliphatic rings. The van der Waals surface area contributed by atoms with Gasteiger partial charge in [0.1, 0.15) is 5.56 Å². The highest BCUT2D eigenvalue weighted by molar-refractivity contribution is 7.91. The lowest BCUT2D eigenvalue weighted by molar-refractivity contribution is 0.0692. The van der Waals surface area contributed by atoms with Gasteiger partial charge in [0.05, 0.1) is 17.3 Å². The Morgan fingerprint density at radius 3 is 2.23 bits per heavy atom. The van der Waals surface area contributed by atoms with Crippen LogP contribution >= 0.6 is 0 Å². The minimum atomic E-state index is -3.25. The van der Waals surface area contributed by atoms with E-state index in [4.69, 9.17) is 14.6 Å². The fraction of sp³-hybridized carbons (Fsp3) is 0.409. The van der Waals surface area contributed by atoms with Crippen molar-refractivity contribution < 1.29 is 32.9 Å². The maximum Gasteiger partial charge on any atom is 0.339 e. The van der Waals surface area contributed by atoms with Crippen molar-refractivity contribution in [2.75, 3.05) is 25.6 Å². The summed E-state index contributed by atoms with van der Waals surface area (Å²) in [5.74, 6) is -1.34. The molecule has 0 saturated carbocycles. The third-order valence-corrected chi connectivity index (χ3v) is 6.32. The number of carbonyl (C=O) groups is 1. The number of hydrogen-bond donors (Lipinski definition) is 2. The summed E-state index contributed by atoms with van der Waals surface area (Å²) in [4.78, 5) is 11.3. The van der Waals surface area contributed by atoms with Gasteiger partial charge in [-0.3, -0.25) is 0 Å². The first-order chi connectivity index (χ1) is 14.3. The fourth-order valence-electron chi connectivity index (χ4n) is 2.76. The molecule has 0 atom stereocenters. The van der Waals surface area contributed by atoms with Crippen LogP contribution in [0.25, 0.3) is 0 Å². The summed E-state index contributed by atoms with van der Waals surface area (Å²) in [6.07, 6.45) is 2.62. The van der Waals surface area contributed by atoms with Crippen LogP contribution in [0.5, 0.6) is 11.5 Å². The van der Waals surface area contributed by atoms with E-state index in [1.165, 1.54) is 18.2 Å². The van der Waals surface area contributed by atoms with Crippen molar-refractivity contribution in [3.8, 4) is 11.5 Å². The largest absolute Gasteiger partial charge is 0.504 e. The van der Waals surface area contributed by atoms with E-state index >= 15 is 0 Å². The smallest absolute Gasteiger partial charge is 0.339 e. The van der Waals surface area contributed by atoms with Crippen LogP contribution in [0.4, 0.5) is 0 Å². The zero-order chi connectivity index (χ0) is 22.0. The Bertz CT molecular complexity index is 921. The van der Waals surface area contributed by atoms with Crippen LogP contribution < -0.4 is 4.74 Å². The molecule has 0 aliphatic heterocycles. The lowest BCUT2D eigenvalue weighted by Crippen LogP contribution is -2.08. The molecule has 2 rings (SSSR count). The van der Waals surface area contributed by atoms with E-state index in [0.717, 1.165) is 12.0 Å². The van der Waals surface area contributed by atoms with Crippen molar-refractivity contribution in [3.05, 3.63) is 53.6 Å². The minimum absolute atomic E-state index is 0.103. The lowest BCUT2D eigenvalue weighted by Gasteiger charge is -2.10. The average Bonchev–Trinajstić information content (AvgIpc) is 2.70. The van der Waals surface area contributed by atoms with Crippen LogP contribution in [0.1, 0.15) is 41.6 Å². The molecule has 0 aromatic heterocycles. The van der Waals surface area contributed by atoms with Crippen LogP contribution in [0.3, 0.4) is 0 Å². The number of aryl methyl sites for hydroxylation is 1. The summed E-state index contributed by atoms with van der Waals surface area (Å²) in [6.45, 7) is 3.26. The molecule has 0 saturated heterocycles. The lowest BCUT2D eigenvalue weighted by atomic mass is 10.2. The molecule has 0 spiro atoms. The van der Waals surface area contributed by atoms with Gasteiger partial charge >= 0.3 is 5.97 Å². The molecule has 0 amide bonds. The second-order valence-corrected chi connectivity index (χ2v) is 9.07. The number of aromatic hydroxyl groups is 1. The molecule has 2 aromatic rings. The van der Waals surface area contributed by atoms with Gasteiger partial charge < -0.3 is 19.7 Å². The first-order valence-corrected chi connectivity index (χ1v) is 11.5. The Morgan fingerprint density at radius 1 is 0.933 bits per heavy atom. The highest BCUT2D eigenvalue weighted by atomic mass is 32.2. The Balaban J connectivity index is 1.55. The normalized spacial score (nSPS) is 11.4. The van der Waals surface area contributed by atoms with Gasteiger partial charge in [0.15, 0.2) is 21.3 Å². The number of benzene rings is 2. The van der Waals surface area contributed by atoms with Crippen LogP contribution in [0.2, 0.25) is 0 Å². The summed E-state index contributed by atoms with van der Waals surface area (Å²) in [5.41, 5.74) is 0.832. The van der Waals surface area contributed by atoms with Gasteiger partial charge in [-0.2, -0.15) is 0 Å². The average molecular weight is 437 g/mol. The van der Waals surface area contributed by atoms with Crippen molar-refractivity contribution in [1.82, 2.24) is 0 Å². The van der Waals surface area contributed by atoms with Gasteiger partial charge in [-0.05, 0) is 56.9 Å². The van der Waals surface area contributed by atoms with Crippen LogP contribution in [0.15, 0.2) is 47.4 Å². The Morgan fingerprint density at radius 2 is 1.57 bits per heavy atom. The number of aromatic carboxylic acids is 1. The molecule has 30 heavy (non-hydrogen) atoms. The van der Waals surface area contributed by atoms with Crippen LogP contribution in [0, 0.1) is 6.92 Å². The van der Waals surface area contributed by atoms with Crippen molar-refractivity contribution in [1.29, 1.82) is 0 Å². The number of carboxylic acid groups (broad SMARTS) is 1. The molecular formula is C22H28O7S. The monoisotopic (exact) mass is 436 g/mol. The number of carboxylic acids is 1. The summed E-state index contributed by atoms with van der Waals surface area (Å²) in [5, 5.41) is 18.8. The molecule has 0 radical (unpaired) electrons. The minimum Gasteiger partial charge on any atom is -0.504 e. The van der Waals surface area contributed by atoms with Gasteiger partial charge in [-0.15, -0.1) is 0 Å². The molecule has 164 valence electrons. The zero-order valence-corrected chi connectivity index (χ0v) is 17.9. The Labute approximate surface area is 177 Å². The van der Waals surface area contributed by atoms with E-state index in [9.17, 15) is 18.3 Å². The van der Waals surface area contributed by atoms with E-state index in [1.54, 1.807) is 24.3 Å². The fourth-order valence-corrected chi connectivity index (χ4v) is 4.13. The number of unbranched alkanes of at least 4 members (excludes halogenated alkanes) is 2. The van der Waals surface area contributed by atoms with Gasteiger partial charge in [-0.1, -0.05) is 23.8 Å². The van der Waals surface area contributed by atoms with Crippen LogP contribution in [-0.2, 0) is 14.6 Å². The first-order valence-electron chi connectivity index (χ1n) is 9.86. The highest BCUT2D eigenvalue weighted by Gasteiger charge is 2.14. The summed E-state index contributed by atoms with van der Waals surface area (Å²) in [7, 11) is -3.25. The summed E-state index contributed by atoms with van der Waals surface area (Å²) >= 11 is 0. The maximum atomic E-state index is 12.2. The van der Waals surface area contributed by atoms with Crippen molar-refractivity contribution in [2.24, 2.45) is 0 Å². The molecular weight excluding hydrogens is 408 g/mol. The SMILES string of the molecule is Cc1ccc(S(=O)(=O)CCCCOCCCCOc2cccc(C(=O)O)c2O)cc1. The molecule has 2 aromatic carbocycles.